The van der Waals surface area contributed by atoms with Gasteiger partial charge in [-0.1, -0.05) is 0 Å². The quantitative estimate of drug-likeness (QED) is 0.805. The summed E-state index contributed by atoms with van der Waals surface area (Å²) in [5, 5.41) is 9.22. The third kappa shape index (κ3) is 2.63. The van der Waals surface area contributed by atoms with E-state index in [0.29, 0.717) is 25.3 Å². The highest BCUT2D eigenvalue weighted by atomic mass is 16.5. The van der Waals surface area contributed by atoms with E-state index in [4.69, 9.17) is 10.5 Å². The van der Waals surface area contributed by atoms with Crippen molar-refractivity contribution in [3.8, 4) is 5.75 Å². The molecule has 5 nitrogen and oxygen atoms in total. The molecule has 1 fully saturated rings. The molecule has 2 unspecified atom stereocenters. The molecule has 98 valence electrons. The molecule has 0 radical (unpaired) electrons. The molecule has 1 aromatic rings. The van der Waals surface area contributed by atoms with Crippen LogP contribution < -0.4 is 5.73 Å². The van der Waals surface area contributed by atoms with E-state index in [1.807, 2.05) is 6.92 Å². The second-order valence-corrected chi connectivity index (χ2v) is 4.54. The molecule has 0 aromatic heterocycles. The molecule has 0 spiro atoms. The summed E-state index contributed by atoms with van der Waals surface area (Å²) in [5.74, 6) is 0.102. The number of ether oxygens (including phenoxy) is 1. The fourth-order valence-corrected chi connectivity index (χ4v) is 2.01. The van der Waals surface area contributed by atoms with Gasteiger partial charge in [-0.2, -0.15) is 0 Å². The molecular weight excluding hydrogens is 232 g/mol. The number of phenols is 1. The Hall–Kier alpha value is -1.59. The van der Waals surface area contributed by atoms with Gasteiger partial charge in [-0.15, -0.1) is 0 Å². The molecule has 1 aromatic carbocycles. The van der Waals surface area contributed by atoms with Crippen LogP contribution in [0.15, 0.2) is 24.3 Å². The summed E-state index contributed by atoms with van der Waals surface area (Å²) >= 11 is 0. The fourth-order valence-electron chi connectivity index (χ4n) is 2.01. The second-order valence-electron chi connectivity index (χ2n) is 4.54. The minimum atomic E-state index is -0.0951. The summed E-state index contributed by atoms with van der Waals surface area (Å²) < 4.78 is 5.52. The number of amides is 1. The van der Waals surface area contributed by atoms with Gasteiger partial charge >= 0.3 is 0 Å². The van der Waals surface area contributed by atoms with E-state index in [1.54, 1.807) is 17.0 Å². The van der Waals surface area contributed by atoms with Crippen LogP contribution >= 0.6 is 0 Å². The van der Waals surface area contributed by atoms with Gasteiger partial charge in [0.15, 0.2) is 0 Å². The van der Waals surface area contributed by atoms with Crippen LogP contribution in [0.5, 0.6) is 5.75 Å². The van der Waals surface area contributed by atoms with Crippen LogP contribution in [0.1, 0.15) is 17.3 Å². The Morgan fingerprint density at radius 3 is 2.78 bits per heavy atom. The van der Waals surface area contributed by atoms with E-state index < -0.39 is 0 Å². The summed E-state index contributed by atoms with van der Waals surface area (Å²) in [6.07, 6.45) is -0.0951. The molecule has 2 atom stereocenters. The predicted molar refractivity (Wildman–Crippen MR) is 67.4 cm³/mol. The largest absolute Gasteiger partial charge is 0.508 e. The van der Waals surface area contributed by atoms with E-state index in [0.717, 1.165) is 0 Å². The van der Waals surface area contributed by atoms with Crippen molar-refractivity contribution >= 4 is 5.91 Å². The molecule has 1 amide bonds. The predicted octanol–water partition coefficient (Wildman–Crippen LogP) is 0.580. The zero-order chi connectivity index (χ0) is 13.1. The minimum absolute atomic E-state index is 0.0362. The highest BCUT2D eigenvalue weighted by Crippen LogP contribution is 2.17. The molecule has 0 aliphatic carbocycles. The van der Waals surface area contributed by atoms with Crippen LogP contribution in [-0.4, -0.2) is 47.8 Å². The zero-order valence-corrected chi connectivity index (χ0v) is 10.4. The van der Waals surface area contributed by atoms with E-state index in [1.165, 1.54) is 12.1 Å². The summed E-state index contributed by atoms with van der Waals surface area (Å²) in [5.41, 5.74) is 6.14. The van der Waals surface area contributed by atoms with Crippen molar-refractivity contribution in [1.82, 2.24) is 4.90 Å². The van der Waals surface area contributed by atoms with E-state index in [-0.39, 0.29) is 23.8 Å². The number of hydrogen-bond donors (Lipinski definition) is 2. The molecular formula is C13H18N2O3. The number of hydrogen-bond acceptors (Lipinski definition) is 4. The average molecular weight is 250 g/mol. The summed E-state index contributed by atoms with van der Waals surface area (Å²) in [4.78, 5) is 14.1. The molecule has 1 aliphatic heterocycles. The van der Waals surface area contributed by atoms with Gasteiger partial charge in [0.05, 0.1) is 18.8 Å². The van der Waals surface area contributed by atoms with Crippen molar-refractivity contribution in [1.29, 1.82) is 0 Å². The van der Waals surface area contributed by atoms with Gasteiger partial charge in [0.25, 0.3) is 5.91 Å². The number of nitrogens with two attached hydrogens (primary N) is 1. The monoisotopic (exact) mass is 250 g/mol. The Labute approximate surface area is 106 Å². The number of rotatable bonds is 2. The normalized spacial score (nSPS) is 24.0. The number of aromatic hydroxyl groups is 1. The Morgan fingerprint density at radius 1 is 1.50 bits per heavy atom. The Bertz CT molecular complexity index is 419. The maximum Gasteiger partial charge on any atom is 0.254 e. The van der Waals surface area contributed by atoms with E-state index >= 15 is 0 Å². The molecule has 0 saturated carbocycles. The van der Waals surface area contributed by atoms with Crippen molar-refractivity contribution in [3.63, 3.8) is 0 Å². The Balaban J connectivity index is 2.13. The van der Waals surface area contributed by atoms with Crippen LogP contribution in [0, 0.1) is 0 Å². The van der Waals surface area contributed by atoms with Gasteiger partial charge < -0.3 is 20.5 Å². The van der Waals surface area contributed by atoms with Crippen LogP contribution in [0.4, 0.5) is 0 Å². The minimum Gasteiger partial charge on any atom is -0.508 e. The topological polar surface area (TPSA) is 75.8 Å². The van der Waals surface area contributed by atoms with Crippen LogP contribution in [0.3, 0.4) is 0 Å². The number of carbonyl (C=O) groups excluding carboxylic acids is 1. The Kier molecular flexibility index (Phi) is 3.84. The molecule has 1 saturated heterocycles. The second kappa shape index (κ2) is 5.37. The standard InChI is InChI=1S/C13H18N2O3/c1-9-8-18-12(6-14)7-15(9)13(17)10-2-4-11(16)5-3-10/h2-5,9,12,16H,6-8,14H2,1H3. The molecule has 3 N–H and O–H groups in total. The molecule has 1 aliphatic rings. The molecule has 5 heteroatoms. The number of benzene rings is 1. The number of morpholine rings is 1. The number of carbonyl (C=O) groups is 1. The van der Waals surface area contributed by atoms with Crippen molar-refractivity contribution in [2.45, 2.75) is 19.1 Å². The van der Waals surface area contributed by atoms with Crippen molar-refractivity contribution < 1.29 is 14.6 Å². The van der Waals surface area contributed by atoms with Crippen molar-refractivity contribution in [2.75, 3.05) is 19.7 Å². The first-order valence-electron chi connectivity index (χ1n) is 6.03. The first kappa shape index (κ1) is 12.9. The average Bonchev–Trinajstić information content (AvgIpc) is 2.39. The number of nitrogens with zero attached hydrogens (tertiary/aromatic N) is 1. The van der Waals surface area contributed by atoms with Crippen LogP contribution in [-0.2, 0) is 4.74 Å². The van der Waals surface area contributed by atoms with Crippen molar-refractivity contribution in [2.24, 2.45) is 5.73 Å². The van der Waals surface area contributed by atoms with E-state index in [9.17, 15) is 9.90 Å². The van der Waals surface area contributed by atoms with Gasteiger partial charge in [-0.3, -0.25) is 4.79 Å². The first-order valence-corrected chi connectivity index (χ1v) is 6.03. The molecule has 1 heterocycles. The molecule has 0 bridgehead atoms. The lowest BCUT2D eigenvalue weighted by Gasteiger charge is -2.37. The lowest BCUT2D eigenvalue weighted by atomic mass is 10.1. The Morgan fingerprint density at radius 2 is 2.17 bits per heavy atom. The lowest BCUT2D eigenvalue weighted by molar-refractivity contribution is -0.0426. The first-order chi connectivity index (χ1) is 8.61. The molecule has 2 rings (SSSR count). The zero-order valence-electron chi connectivity index (χ0n) is 10.4. The third-order valence-corrected chi connectivity index (χ3v) is 3.14. The highest BCUT2D eigenvalue weighted by Gasteiger charge is 2.29. The SMILES string of the molecule is CC1COC(CN)CN1C(=O)c1ccc(O)cc1. The summed E-state index contributed by atoms with van der Waals surface area (Å²) in [6, 6.07) is 6.31. The maximum atomic E-state index is 12.3. The van der Waals surface area contributed by atoms with Gasteiger partial charge in [-0.05, 0) is 31.2 Å². The molecule has 18 heavy (non-hydrogen) atoms. The van der Waals surface area contributed by atoms with Gasteiger partial charge in [-0.25, -0.2) is 0 Å². The summed E-state index contributed by atoms with van der Waals surface area (Å²) in [7, 11) is 0. The maximum absolute atomic E-state index is 12.3. The van der Waals surface area contributed by atoms with Gasteiger partial charge in [0, 0.05) is 18.7 Å². The summed E-state index contributed by atoms with van der Waals surface area (Å²) in [6.45, 7) is 3.38. The van der Waals surface area contributed by atoms with Gasteiger partial charge in [0.2, 0.25) is 0 Å². The van der Waals surface area contributed by atoms with Crippen molar-refractivity contribution in [3.05, 3.63) is 29.8 Å². The van der Waals surface area contributed by atoms with E-state index in [2.05, 4.69) is 0 Å². The van der Waals surface area contributed by atoms with Crippen LogP contribution in [0.2, 0.25) is 0 Å². The van der Waals surface area contributed by atoms with Crippen LogP contribution in [0.25, 0.3) is 0 Å². The fraction of sp³-hybridized carbons (Fsp3) is 0.462. The lowest BCUT2D eigenvalue weighted by Crippen LogP contribution is -2.52. The highest BCUT2D eigenvalue weighted by molar-refractivity contribution is 5.94. The van der Waals surface area contributed by atoms with Gasteiger partial charge in [0.1, 0.15) is 5.75 Å². The smallest absolute Gasteiger partial charge is 0.254 e. The third-order valence-electron chi connectivity index (χ3n) is 3.14. The number of phenolic OH excluding ortho intramolecular Hbond substituents is 1.